The molecule has 0 spiro atoms. The SMILES string of the molecule is CCOc1cc(F)ccc1NC(=O)C(C)OCC1CC1. The second kappa shape index (κ2) is 6.70. The molecule has 110 valence electrons. The molecule has 0 bridgehead atoms. The summed E-state index contributed by atoms with van der Waals surface area (Å²) in [4.78, 5) is 12.0. The molecule has 1 saturated carbocycles. The van der Waals surface area contributed by atoms with E-state index in [1.165, 1.54) is 31.0 Å². The molecule has 1 aliphatic rings. The summed E-state index contributed by atoms with van der Waals surface area (Å²) in [6, 6.07) is 4.04. The molecule has 0 aromatic heterocycles. The molecule has 5 heteroatoms. The molecule has 1 aromatic rings. The van der Waals surface area contributed by atoms with Crippen molar-refractivity contribution in [2.24, 2.45) is 5.92 Å². The van der Waals surface area contributed by atoms with Crippen LogP contribution < -0.4 is 10.1 Å². The van der Waals surface area contributed by atoms with Gasteiger partial charge in [-0.1, -0.05) is 0 Å². The maximum atomic E-state index is 13.2. The largest absolute Gasteiger partial charge is 0.492 e. The number of nitrogens with one attached hydrogen (secondary N) is 1. The van der Waals surface area contributed by atoms with Crippen LogP contribution in [0.5, 0.6) is 5.75 Å². The summed E-state index contributed by atoms with van der Waals surface area (Å²) in [6.45, 7) is 4.54. The first-order valence-electron chi connectivity index (χ1n) is 6.95. The lowest BCUT2D eigenvalue weighted by Crippen LogP contribution is -2.28. The summed E-state index contributed by atoms with van der Waals surface area (Å²) >= 11 is 0. The van der Waals surface area contributed by atoms with Crippen LogP contribution in [-0.2, 0) is 9.53 Å². The molecule has 1 atom stereocenters. The van der Waals surface area contributed by atoms with E-state index in [0.717, 1.165) is 0 Å². The Labute approximate surface area is 118 Å². The predicted molar refractivity (Wildman–Crippen MR) is 74.3 cm³/mol. The van der Waals surface area contributed by atoms with E-state index < -0.39 is 11.9 Å². The lowest BCUT2D eigenvalue weighted by atomic mass is 10.2. The lowest BCUT2D eigenvalue weighted by Gasteiger charge is -2.15. The minimum Gasteiger partial charge on any atom is -0.492 e. The summed E-state index contributed by atoms with van der Waals surface area (Å²) in [5, 5.41) is 2.71. The smallest absolute Gasteiger partial charge is 0.253 e. The Morgan fingerprint density at radius 3 is 2.90 bits per heavy atom. The Hall–Kier alpha value is -1.62. The maximum Gasteiger partial charge on any atom is 0.253 e. The van der Waals surface area contributed by atoms with Gasteiger partial charge in [0.05, 0.1) is 18.9 Å². The number of ether oxygens (including phenoxy) is 2. The molecule has 2 rings (SSSR count). The first kappa shape index (κ1) is 14.8. The van der Waals surface area contributed by atoms with Crippen molar-refractivity contribution in [3.8, 4) is 5.75 Å². The average molecular weight is 281 g/mol. The van der Waals surface area contributed by atoms with E-state index in [0.29, 0.717) is 30.6 Å². The van der Waals surface area contributed by atoms with Gasteiger partial charge in [-0.05, 0) is 44.7 Å². The molecule has 1 aromatic carbocycles. The molecule has 1 aliphatic carbocycles. The number of hydrogen-bond acceptors (Lipinski definition) is 3. The highest BCUT2D eigenvalue weighted by Crippen LogP contribution is 2.29. The molecule has 1 amide bonds. The van der Waals surface area contributed by atoms with Gasteiger partial charge < -0.3 is 14.8 Å². The Bertz CT molecular complexity index is 474. The monoisotopic (exact) mass is 281 g/mol. The van der Waals surface area contributed by atoms with Crippen LogP contribution in [0.2, 0.25) is 0 Å². The van der Waals surface area contributed by atoms with Crippen molar-refractivity contribution in [2.45, 2.75) is 32.8 Å². The van der Waals surface area contributed by atoms with Crippen molar-refractivity contribution >= 4 is 11.6 Å². The maximum absolute atomic E-state index is 13.2. The minimum atomic E-state index is -0.532. The summed E-state index contributed by atoms with van der Waals surface area (Å²) in [5.74, 6) is 0.285. The van der Waals surface area contributed by atoms with E-state index >= 15 is 0 Å². The van der Waals surface area contributed by atoms with Gasteiger partial charge in [-0.25, -0.2) is 4.39 Å². The van der Waals surface area contributed by atoms with Crippen molar-refractivity contribution in [2.75, 3.05) is 18.5 Å². The van der Waals surface area contributed by atoms with E-state index in [1.807, 2.05) is 0 Å². The second-order valence-electron chi connectivity index (χ2n) is 4.98. The standard InChI is InChI=1S/C15H20FNO3/c1-3-19-14-8-12(16)6-7-13(14)17-15(18)10(2)20-9-11-4-5-11/h6-8,10-11H,3-5,9H2,1-2H3,(H,17,18). The molecular formula is C15H20FNO3. The molecule has 0 aliphatic heterocycles. The van der Waals surface area contributed by atoms with E-state index in [1.54, 1.807) is 13.8 Å². The number of rotatable bonds is 7. The topological polar surface area (TPSA) is 47.6 Å². The Morgan fingerprint density at radius 1 is 1.50 bits per heavy atom. The summed E-state index contributed by atoms with van der Waals surface area (Å²) < 4.78 is 24.0. The lowest BCUT2D eigenvalue weighted by molar-refractivity contribution is -0.126. The zero-order valence-corrected chi connectivity index (χ0v) is 11.8. The number of anilines is 1. The van der Waals surface area contributed by atoms with Crippen molar-refractivity contribution in [1.29, 1.82) is 0 Å². The first-order chi connectivity index (χ1) is 9.60. The average Bonchev–Trinajstić information content (AvgIpc) is 3.23. The van der Waals surface area contributed by atoms with Gasteiger partial charge >= 0.3 is 0 Å². The number of carbonyl (C=O) groups is 1. The number of halogens is 1. The Kier molecular flexibility index (Phi) is 4.95. The summed E-state index contributed by atoms with van der Waals surface area (Å²) in [6.07, 6.45) is 1.83. The van der Waals surface area contributed by atoms with Gasteiger partial charge in [0.15, 0.2) is 0 Å². The van der Waals surface area contributed by atoms with E-state index in [4.69, 9.17) is 9.47 Å². The number of benzene rings is 1. The fourth-order valence-electron chi connectivity index (χ4n) is 1.75. The second-order valence-corrected chi connectivity index (χ2v) is 4.98. The van der Waals surface area contributed by atoms with Gasteiger partial charge in [0.1, 0.15) is 17.7 Å². The fraction of sp³-hybridized carbons (Fsp3) is 0.533. The Balaban J connectivity index is 1.94. The third-order valence-electron chi connectivity index (χ3n) is 3.15. The molecule has 0 heterocycles. The van der Waals surface area contributed by atoms with Crippen molar-refractivity contribution in [3.05, 3.63) is 24.0 Å². The highest BCUT2D eigenvalue weighted by atomic mass is 19.1. The van der Waals surface area contributed by atoms with Crippen molar-refractivity contribution in [3.63, 3.8) is 0 Å². The van der Waals surface area contributed by atoms with Crippen molar-refractivity contribution in [1.82, 2.24) is 0 Å². The van der Waals surface area contributed by atoms with Crippen LogP contribution in [0.15, 0.2) is 18.2 Å². The van der Waals surface area contributed by atoms with Crippen LogP contribution >= 0.6 is 0 Å². The van der Waals surface area contributed by atoms with Crippen LogP contribution in [0.25, 0.3) is 0 Å². The van der Waals surface area contributed by atoms with Crippen molar-refractivity contribution < 1.29 is 18.7 Å². The van der Waals surface area contributed by atoms with Gasteiger partial charge in [0.2, 0.25) is 0 Å². The molecule has 20 heavy (non-hydrogen) atoms. The Morgan fingerprint density at radius 2 is 2.25 bits per heavy atom. The summed E-state index contributed by atoms with van der Waals surface area (Å²) in [7, 11) is 0. The predicted octanol–water partition coefficient (Wildman–Crippen LogP) is 2.98. The summed E-state index contributed by atoms with van der Waals surface area (Å²) in [5.41, 5.74) is 0.458. The molecule has 1 N–H and O–H groups in total. The number of hydrogen-bond donors (Lipinski definition) is 1. The normalized spacial score (nSPS) is 15.8. The zero-order chi connectivity index (χ0) is 14.5. The van der Waals surface area contributed by atoms with E-state index in [2.05, 4.69) is 5.32 Å². The van der Waals surface area contributed by atoms with E-state index in [9.17, 15) is 9.18 Å². The van der Waals surface area contributed by atoms with Crippen LogP contribution in [0.4, 0.5) is 10.1 Å². The molecular weight excluding hydrogens is 261 g/mol. The molecule has 4 nitrogen and oxygen atoms in total. The fourth-order valence-corrected chi connectivity index (χ4v) is 1.75. The van der Waals surface area contributed by atoms with Crippen LogP contribution in [0.1, 0.15) is 26.7 Å². The highest BCUT2D eigenvalue weighted by molar-refractivity contribution is 5.95. The molecule has 1 unspecified atom stereocenters. The zero-order valence-electron chi connectivity index (χ0n) is 11.8. The van der Waals surface area contributed by atoms with Gasteiger partial charge in [-0.15, -0.1) is 0 Å². The van der Waals surface area contributed by atoms with E-state index in [-0.39, 0.29) is 5.91 Å². The quantitative estimate of drug-likeness (QED) is 0.836. The minimum absolute atomic E-state index is 0.252. The molecule has 0 radical (unpaired) electrons. The van der Waals surface area contributed by atoms with Gasteiger partial charge in [0.25, 0.3) is 5.91 Å². The van der Waals surface area contributed by atoms with Gasteiger partial charge in [-0.3, -0.25) is 4.79 Å². The molecule has 1 fully saturated rings. The van der Waals surface area contributed by atoms with Crippen LogP contribution in [0, 0.1) is 11.7 Å². The highest BCUT2D eigenvalue weighted by Gasteiger charge is 2.24. The van der Waals surface area contributed by atoms with Crippen LogP contribution in [0.3, 0.4) is 0 Å². The third-order valence-corrected chi connectivity index (χ3v) is 3.15. The number of carbonyl (C=O) groups excluding carboxylic acids is 1. The number of amides is 1. The molecule has 0 saturated heterocycles. The third kappa shape index (κ3) is 4.20. The van der Waals surface area contributed by atoms with Gasteiger partial charge in [0, 0.05) is 6.07 Å². The first-order valence-corrected chi connectivity index (χ1v) is 6.95. The van der Waals surface area contributed by atoms with Gasteiger partial charge in [-0.2, -0.15) is 0 Å². The van der Waals surface area contributed by atoms with Crippen LogP contribution in [-0.4, -0.2) is 25.2 Å².